The van der Waals surface area contributed by atoms with Gasteiger partial charge in [-0.15, -0.1) is 0 Å². The molecular weight excluding hydrogens is 613 g/mol. The summed E-state index contributed by atoms with van der Waals surface area (Å²) in [7, 11) is -2.38. The molecule has 3 aromatic carbocycles. The van der Waals surface area contributed by atoms with Crippen molar-refractivity contribution in [2.45, 2.75) is 116 Å². The Balaban J connectivity index is 1.44. The summed E-state index contributed by atoms with van der Waals surface area (Å²) >= 11 is 0. The van der Waals surface area contributed by atoms with E-state index >= 15 is 0 Å². The fourth-order valence-electron chi connectivity index (χ4n) is 7.56. The van der Waals surface area contributed by atoms with Gasteiger partial charge in [0.1, 0.15) is 5.75 Å². The van der Waals surface area contributed by atoms with Crippen LogP contribution in [-0.2, 0) is 5.54 Å². The summed E-state index contributed by atoms with van der Waals surface area (Å²) in [6.07, 6.45) is 12.1. The van der Waals surface area contributed by atoms with Crippen molar-refractivity contribution in [2.75, 3.05) is 26.0 Å². The Hall–Kier alpha value is -2.78. The number of rotatable bonds is 23. The predicted molar refractivity (Wildman–Crippen MR) is 203 cm³/mol. The number of nitrogens with zero attached hydrogens (tertiary/aromatic N) is 2. The zero-order valence-corrected chi connectivity index (χ0v) is 31.2. The monoisotopic (exact) mass is 675 g/mol. The molecule has 0 unspecified atom stereocenters. The van der Waals surface area contributed by atoms with Crippen molar-refractivity contribution < 1.29 is 14.5 Å². The van der Waals surface area contributed by atoms with E-state index in [4.69, 9.17) is 4.74 Å². The Morgan fingerprint density at radius 1 is 0.667 bits per heavy atom. The van der Waals surface area contributed by atoms with Crippen LogP contribution in [0, 0.1) is 11.3 Å². The number of nitriles is 1. The fourth-order valence-corrected chi connectivity index (χ4v) is 11.8. The van der Waals surface area contributed by atoms with Gasteiger partial charge >= 0.3 is 162 Å². The Labute approximate surface area is 291 Å². The van der Waals surface area contributed by atoms with Crippen LogP contribution in [0.4, 0.5) is 0 Å². The maximum absolute atomic E-state index is 11.7. The molecule has 3 N–H and O–H groups in total. The first kappa shape index (κ1) is 39.7. The molecule has 0 atom stereocenters. The molecule has 3 rings (SSSR count). The molecule has 0 aromatic heterocycles. The van der Waals surface area contributed by atoms with Gasteiger partial charge in [-0.25, -0.2) is 0 Å². The van der Waals surface area contributed by atoms with Crippen molar-refractivity contribution in [3.05, 3.63) is 102 Å². The average molecular weight is 676 g/mol. The molecule has 0 aliphatic carbocycles. The van der Waals surface area contributed by atoms with Gasteiger partial charge in [-0.2, -0.15) is 0 Å². The third kappa shape index (κ3) is 10.9. The number of methoxy groups -OCH3 is 1. The van der Waals surface area contributed by atoms with Crippen LogP contribution < -0.4 is 10.1 Å². The second-order valence-corrected chi connectivity index (χ2v) is 18.0. The fraction of sp³-hybridized carbons (Fsp3) is 0.537. The van der Waals surface area contributed by atoms with Crippen molar-refractivity contribution in [3.8, 4) is 11.8 Å². The second kappa shape index (κ2) is 19.4. The van der Waals surface area contributed by atoms with Gasteiger partial charge in [-0.05, 0) is 28.8 Å². The Kier molecular flexibility index (Phi) is 16.0. The van der Waals surface area contributed by atoms with Crippen LogP contribution in [0.1, 0.15) is 115 Å². The summed E-state index contributed by atoms with van der Waals surface area (Å²) in [6.45, 7) is 8.98. The van der Waals surface area contributed by atoms with E-state index in [9.17, 15) is 15.0 Å². The van der Waals surface area contributed by atoms with Gasteiger partial charge in [0.2, 0.25) is 0 Å². The van der Waals surface area contributed by atoms with Gasteiger partial charge in [0.25, 0.3) is 0 Å². The van der Waals surface area contributed by atoms with Crippen LogP contribution in [0.25, 0.3) is 0 Å². The molecule has 0 saturated carbocycles. The standard InChI is InChI=1S/C41H62N3O3P/c1-35(2)44(36(3)4)48(45,46,34-22-31-42)33-21-13-11-9-7-6-8-10-12-20-32-43-41(37-23-16-14-17-24-37,38-25-18-15-19-26-38)39-27-29-40(47-5)30-28-39/h14-19,23-30,35-36,43,45-46H,6-13,20-22,32-34H2,1-5H3. The van der Waals surface area contributed by atoms with E-state index in [2.05, 4.69) is 84.2 Å². The molecule has 7 heteroatoms. The van der Waals surface area contributed by atoms with Gasteiger partial charge in [-0.3, -0.25) is 5.32 Å². The van der Waals surface area contributed by atoms with E-state index in [-0.39, 0.29) is 24.7 Å². The summed E-state index contributed by atoms with van der Waals surface area (Å²) in [5, 5.41) is 13.2. The van der Waals surface area contributed by atoms with E-state index in [1.165, 1.54) is 55.2 Å². The first-order chi connectivity index (χ1) is 23.1. The van der Waals surface area contributed by atoms with Crippen LogP contribution in [0.2, 0.25) is 0 Å². The second-order valence-electron chi connectivity index (χ2n) is 13.9. The Bertz CT molecular complexity index is 1310. The zero-order valence-electron chi connectivity index (χ0n) is 30.3. The number of ether oxygens (including phenoxy) is 1. The first-order valence-electron chi connectivity index (χ1n) is 18.2. The number of nitrogens with one attached hydrogen (secondary N) is 1. The summed E-state index contributed by atoms with van der Waals surface area (Å²) in [6, 6.07) is 32.1. The molecule has 0 saturated heterocycles. The molecule has 0 bridgehead atoms. The molecule has 0 heterocycles. The number of hydrogen-bond acceptors (Lipinski definition) is 6. The minimum absolute atomic E-state index is 0.0240. The van der Waals surface area contributed by atoms with Crippen LogP contribution >= 0.6 is 7.21 Å². The largest absolute Gasteiger partial charge is 0.0622 e. The smallest absolute Gasteiger partial charge is 0.0189 e. The third-order valence-corrected chi connectivity index (χ3v) is 14.0. The molecule has 0 amide bonds. The normalized spacial score (nSPS) is 13.1. The molecule has 6 nitrogen and oxygen atoms in total. The maximum atomic E-state index is 11.7. The summed E-state index contributed by atoms with van der Waals surface area (Å²) in [5.41, 5.74) is 3.18. The van der Waals surface area contributed by atoms with Crippen molar-refractivity contribution >= 4 is 7.21 Å². The van der Waals surface area contributed by atoms with E-state index in [1.807, 2.05) is 44.5 Å². The third-order valence-electron chi connectivity index (χ3n) is 9.64. The molecule has 0 aliphatic rings. The molecule has 0 aliphatic heterocycles. The van der Waals surface area contributed by atoms with Gasteiger partial charge in [0.05, 0.1) is 12.6 Å². The van der Waals surface area contributed by atoms with Crippen LogP contribution in [0.3, 0.4) is 0 Å². The molecule has 48 heavy (non-hydrogen) atoms. The van der Waals surface area contributed by atoms with Crippen LogP contribution in [-0.4, -0.2) is 52.5 Å². The van der Waals surface area contributed by atoms with Crippen molar-refractivity contribution in [3.63, 3.8) is 0 Å². The molecule has 264 valence electrons. The van der Waals surface area contributed by atoms with Crippen LogP contribution in [0.5, 0.6) is 5.75 Å². The van der Waals surface area contributed by atoms with Gasteiger partial charge in [0, 0.05) is 0 Å². The Morgan fingerprint density at radius 2 is 1.10 bits per heavy atom. The quantitative estimate of drug-likeness (QED) is 0.0527. The van der Waals surface area contributed by atoms with Gasteiger partial charge in [0.15, 0.2) is 0 Å². The average Bonchev–Trinajstić information content (AvgIpc) is 3.08. The molecule has 3 aromatic rings. The zero-order chi connectivity index (χ0) is 34.9. The summed E-state index contributed by atoms with van der Waals surface area (Å²) in [5.74, 6) is 0.854. The number of benzene rings is 3. The van der Waals surface area contributed by atoms with E-state index in [1.54, 1.807) is 7.11 Å². The number of unbranched alkanes of at least 4 members (excludes halogenated alkanes) is 9. The van der Waals surface area contributed by atoms with E-state index in [0.29, 0.717) is 6.16 Å². The number of hydrogen-bond donors (Lipinski definition) is 3. The molecule has 0 fully saturated rings. The SMILES string of the molecule is COc1ccc(C(NCCCCCCCCCCCCP(O)(O)(CCC#N)N(C(C)C)C(C)C)(c2ccccc2)c2ccccc2)cc1. The van der Waals surface area contributed by atoms with Crippen molar-refractivity contribution in [1.82, 2.24) is 9.99 Å². The van der Waals surface area contributed by atoms with Gasteiger partial charge in [-0.1, -0.05) is 72.8 Å². The predicted octanol–water partition coefficient (Wildman–Crippen LogP) is 9.79. The molecule has 0 spiro atoms. The minimum atomic E-state index is -4.09. The van der Waals surface area contributed by atoms with Gasteiger partial charge < -0.3 is 4.74 Å². The topological polar surface area (TPSA) is 88.7 Å². The molecular formula is C41H62N3O3P. The summed E-state index contributed by atoms with van der Waals surface area (Å²) < 4.78 is 7.38. The van der Waals surface area contributed by atoms with Crippen molar-refractivity contribution in [2.24, 2.45) is 0 Å². The summed E-state index contributed by atoms with van der Waals surface area (Å²) in [4.78, 5) is 23.3. The van der Waals surface area contributed by atoms with Crippen LogP contribution in [0.15, 0.2) is 84.9 Å². The van der Waals surface area contributed by atoms with E-state index < -0.39 is 12.7 Å². The minimum Gasteiger partial charge on any atom is -0.0622 e. The van der Waals surface area contributed by atoms with E-state index in [0.717, 1.165) is 38.0 Å². The first-order valence-corrected chi connectivity index (χ1v) is 20.7. The Morgan fingerprint density at radius 3 is 1.54 bits per heavy atom. The maximum Gasteiger partial charge on any atom is -0.0189 e. The van der Waals surface area contributed by atoms with Crippen molar-refractivity contribution in [1.29, 1.82) is 5.26 Å². The molecule has 0 radical (unpaired) electrons.